The summed E-state index contributed by atoms with van der Waals surface area (Å²) in [6.45, 7) is 3.88. The molecule has 5 unspecified atom stereocenters. The highest BCUT2D eigenvalue weighted by Gasteiger charge is 2.59. The predicted molar refractivity (Wildman–Crippen MR) is 189 cm³/mol. The van der Waals surface area contributed by atoms with Crippen LogP contribution >= 0.6 is 0 Å². The number of para-hydroxylation sites is 1. The summed E-state index contributed by atoms with van der Waals surface area (Å²) in [5.74, 6) is -0.902. The van der Waals surface area contributed by atoms with Gasteiger partial charge in [-0.1, -0.05) is 72.8 Å². The Morgan fingerprint density at radius 1 is 0.840 bits per heavy atom. The molecule has 0 spiro atoms. The molecule has 2 amide bonds. The van der Waals surface area contributed by atoms with Crippen molar-refractivity contribution in [3.8, 4) is 17.0 Å². The summed E-state index contributed by atoms with van der Waals surface area (Å²) < 4.78 is 11.6. The highest BCUT2D eigenvalue weighted by atomic mass is 16.5. The van der Waals surface area contributed by atoms with Crippen molar-refractivity contribution in [3.05, 3.63) is 138 Å². The number of ether oxygens (including phenoxy) is 2. The van der Waals surface area contributed by atoms with E-state index in [9.17, 15) is 19.2 Å². The van der Waals surface area contributed by atoms with Crippen LogP contribution in [-0.4, -0.2) is 34.7 Å². The van der Waals surface area contributed by atoms with Crippen molar-refractivity contribution in [2.45, 2.75) is 33.0 Å². The molecule has 2 bridgehead atoms. The van der Waals surface area contributed by atoms with Crippen LogP contribution in [-0.2, 0) is 20.9 Å². The number of Topliss-reactive ketones (excluding diaryl/α,β-unsaturated/α-hetero) is 1. The van der Waals surface area contributed by atoms with Crippen LogP contribution in [0.2, 0.25) is 0 Å². The highest BCUT2D eigenvalue weighted by molar-refractivity contribution is 6.23. The number of aryl methyl sites for hydroxylation is 1. The summed E-state index contributed by atoms with van der Waals surface area (Å²) in [4.78, 5) is 59.9. The number of anilines is 1. The standard InChI is InChI=1S/C42H34N2O6/c1-24-7-6-10-33-34(42(48)50-25(2)39(45)28-15-19-32(20-16-28)49-23-26-8-4-3-5-9-26)22-35(43-38(24)33)27-13-17-31(18-14-27)44-40(46)36-29-11-12-30(21-29)37(36)41(44)47/h3-20,22,25,29-30,36-37H,21,23H2,1-2H3. The normalized spacial score (nSPS) is 21.0. The van der Waals surface area contributed by atoms with E-state index in [1.807, 2.05) is 55.5 Å². The monoisotopic (exact) mass is 662 g/mol. The summed E-state index contributed by atoms with van der Waals surface area (Å²) in [6, 6.07) is 30.9. The van der Waals surface area contributed by atoms with Crippen molar-refractivity contribution < 1.29 is 28.7 Å². The smallest absolute Gasteiger partial charge is 0.339 e. The maximum absolute atomic E-state index is 13.7. The minimum atomic E-state index is -1.05. The fourth-order valence-electron chi connectivity index (χ4n) is 7.62. The maximum atomic E-state index is 13.7. The molecule has 2 heterocycles. The summed E-state index contributed by atoms with van der Waals surface area (Å²) >= 11 is 0. The minimum Gasteiger partial charge on any atom is -0.489 e. The highest BCUT2D eigenvalue weighted by Crippen LogP contribution is 2.53. The third-order valence-corrected chi connectivity index (χ3v) is 10.2. The number of imide groups is 1. The van der Waals surface area contributed by atoms with Crippen LogP contribution in [0.3, 0.4) is 0 Å². The summed E-state index contributed by atoms with van der Waals surface area (Å²) in [5, 5.41) is 0.609. The molecule has 1 saturated carbocycles. The second-order valence-corrected chi connectivity index (χ2v) is 13.3. The molecular weight excluding hydrogens is 628 g/mol. The van der Waals surface area contributed by atoms with Gasteiger partial charge in [0.2, 0.25) is 17.6 Å². The Morgan fingerprint density at radius 2 is 1.52 bits per heavy atom. The lowest BCUT2D eigenvalue weighted by Crippen LogP contribution is -2.32. The SMILES string of the molecule is Cc1cccc2c(C(=O)OC(C)C(=O)c3ccc(OCc4ccccc4)cc3)cc(-c3ccc(N4C(=O)C5C6C=CC(C6)C5C4=O)cc3)nc12. The average Bonchev–Trinajstić information content (AvgIpc) is 3.84. The first-order valence-electron chi connectivity index (χ1n) is 16.9. The number of nitrogens with zero attached hydrogens (tertiary/aromatic N) is 2. The largest absolute Gasteiger partial charge is 0.489 e. The first kappa shape index (κ1) is 31.4. The molecule has 8 rings (SSSR count). The molecule has 1 saturated heterocycles. The summed E-state index contributed by atoms with van der Waals surface area (Å²) in [5.41, 5.74) is 4.97. The zero-order chi connectivity index (χ0) is 34.5. The number of allylic oxidation sites excluding steroid dienone is 2. The third-order valence-electron chi connectivity index (χ3n) is 10.2. The van der Waals surface area contributed by atoms with Crippen molar-refractivity contribution in [1.29, 1.82) is 0 Å². The molecule has 1 aliphatic heterocycles. The Morgan fingerprint density at radius 3 is 2.20 bits per heavy atom. The van der Waals surface area contributed by atoms with Gasteiger partial charge >= 0.3 is 5.97 Å². The van der Waals surface area contributed by atoms with E-state index in [2.05, 4.69) is 12.2 Å². The van der Waals surface area contributed by atoms with Crippen LogP contribution in [0.5, 0.6) is 5.75 Å². The van der Waals surface area contributed by atoms with Gasteiger partial charge < -0.3 is 9.47 Å². The molecule has 2 aliphatic carbocycles. The van der Waals surface area contributed by atoms with E-state index >= 15 is 0 Å². The average molecular weight is 663 g/mol. The van der Waals surface area contributed by atoms with Crippen LogP contribution in [0.15, 0.2) is 115 Å². The number of esters is 1. The zero-order valence-corrected chi connectivity index (χ0v) is 27.6. The van der Waals surface area contributed by atoms with Crippen molar-refractivity contribution >= 4 is 40.2 Å². The maximum Gasteiger partial charge on any atom is 0.339 e. The molecule has 8 nitrogen and oxygen atoms in total. The molecule has 0 N–H and O–H groups in total. The number of carbonyl (C=O) groups is 4. The molecule has 4 aromatic carbocycles. The van der Waals surface area contributed by atoms with E-state index in [0.29, 0.717) is 45.8 Å². The first-order valence-corrected chi connectivity index (χ1v) is 16.9. The lowest BCUT2D eigenvalue weighted by Gasteiger charge is -2.18. The van der Waals surface area contributed by atoms with Gasteiger partial charge in [-0.15, -0.1) is 0 Å². The van der Waals surface area contributed by atoms with Crippen molar-refractivity contribution in [2.75, 3.05) is 4.90 Å². The van der Waals surface area contributed by atoms with Gasteiger partial charge in [0.1, 0.15) is 12.4 Å². The Hall–Kier alpha value is -5.89. The van der Waals surface area contributed by atoms with Crippen LogP contribution in [0.25, 0.3) is 22.2 Å². The number of hydrogen-bond donors (Lipinski definition) is 0. The lowest BCUT2D eigenvalue weighted by molar-refractivity contribution is -0.123. The van der Waals surface area contributed by atoms with Gasteiger partial charge in [-0.25, -0.2) is 9.78 Å². The number of benzene rings is 4. The molecule has 50 heavy (non-hydrogen) atoms. The third kappa shape index (κ3) is 5.47. The van der Waals surface area contributed by atoms with Crippen LogP contribution in [0, 0.1) is 30.6 Å². The van der Waals surface area contributed by atoms with E-state index in [-0.39, 0.29) is 46.8 Å². The fourth-order valence-corrected chi connectivity index (χ4v) is 7.62. The molecule has 3 aliphatic rings. The van der Waals surface area contributed by atoms with Gasteiger partial charge in [0.05, 0.1) is 34.3 Å². The van der Waals surface area contributed by atoms with E-state index in [4.69, 9.17) is 14.5 Å². The molecular formula is C42H34N2O6. The molecule has 8 heteroatoms. The van der Waals surface area contributed by atoms with Crippen molar-refractivity contribution in [1.82, 2.24) is 4.98 Å². The molecule has 5 aromatic rings. The summed E-state index contributed by atoms with van der Waals surface area (Å²) in [6.07, 6.45) is 3.99. The quantitative estimate of drug-likeness (QED) is 0.0696. The molecule has 2 fully saturated rings. The van der Waals surface area contributed by atoms with Gasteiger partial charge in [-0.2, -0.15) is 0 Å². The second kappa shape index (κ2) is 12.5. The Balaban J connectivity index is 1.00. The van der Waals surface area contributed by atoms with Gasteiger partial charge in [0.25, 0.3) is 0 Å². The van der Waals surface area contributed by atoms with Gasteiger partial charge in [0, 0.05) is 16.5 Å². The first-order chi connectivity index (χ1) is 24.3. The molecule has 5 atom stereocenters. The molecule has 0 radical (unpaired) electrons. The topological polar surface area (TPSA) is 103 Å². The Bertz CT molecular complexity index is 2160. The number of carbonyl (C=O) groups excluding carboxylic acids is 4. The number of rotatable bonds is 9. The number of hydrogen-bond acceptors (Lipinski definition) is 7. The zero-order valence-electron chi connectivity index (χ0n) is 27.6. The summed E-state index contributed by atoms with van der Waals surface area (Å²) in [7, 11) is 0. The molecule has 1 aromatic heterocycles. The second-order valence-electron chi connectivity index (χ2n) is 13.3. The Kier molecular flexibility index (Phi) is 7.86. The van der Waals surface area contributed by atoms with E-state index in [1.54, 1.807) is 61.5 Å². The van der Waals surface area contributed by atoms with Crippen LogP contribution < -0.4 is 9.64 Å². The van der Waals surface area contributed by atoms with Crippen molar-refractivity contribution in [2.24, 2.45) is 23.7 Å². The van der Waals surface area contributed by atoms with Crippen LogP contribution in [0.4, 0.5) is 5.69 Å². The number of ketones is 1. The number of amides is 2. The van der Waals surface area contributed by atoms with Gasteiger partial charge in [0.15, 0.2) is 6.10 Å². The van der Waals surface area contributed by atoms with Crippen LogP contribution in [0.1, 0.15) is 45.2 Å². The molecule has 248 valence electrons. The van der Waals surface area contributed by atoms with E-state index in [1.165, 1.54) is 4.90 Å². The van der Waals surface area contributed by atoms with Gasteiger partial charge in [-0.05, 0) is 85.7 Å². The fraction of sp³-hybridized carbons (Fsp3) is 0.214. The number of fused-ring (bicyclic) bond motifs is 6. The number of aromatic nitrogens is 1. The lowest BCUT2D eigenvalue weighted by atomic mass is 9.85. The van der Waals surface area contributed by atoms with E-state index < -0.39 is 12.1 Å². The van der Waals surface area contributed by atoms with Crippen molar-refractivity contribution in [3.63, 3.8) is 0 Å². The van der Waals surface area contributed by atoms with E-state index in [0.717, 1.165) is 17.5 Å². The predicted octanol–water partition coefficient (Wildman–Crippen LogP) is 7.53. The van der Waals surface area contributed by atoms with Gasteiger partial charge in [-0.3, -0.25) is 19.3 Å². The minimum absolute atomic E-state index is 0.134. The Labute approximate surface area is 289 Å². The number of pyridine rings is 1.